The van der Waals surface area contributed by atoms with Gasteiger partial charge in [-0.15, -0.1) is 0 Å². The first kappa shape index (κ1) is 84.5. The van der Waals surface area contributed by atoms with Crippen molar-refractivity contribution < 1.29 is 0 Å². The summed E-state index contributed by atoms with van der Waals surface area (Å²) in [5, 5.41) is 6.32. The van der Waals surface area contributed by atoms with E-state index >= 15 is 0 Å². The van der Waals surface area contributed by atoms with Crippen LogP contribution in [0.25, 0.3) is 235 Å². The van der Waals surface area contributed by atoms with Crippen molar-refractivity contribution in [3.8, 4) is 169 Å². The Morgan fingerprint density at radius 2 is 0.387 bits per heavy atom. The second-order valence-corrected chi connectivity index (χ2v) is 34.2. The molecule has 13 heteroatoms. The van der Waals surface area contributed by atoms with E-state index in [4.69, 9.17) is 64.8 Å². The van der Waals surface area contributed by atoms with E-state index in [1.165, 1.54) is 0 Å². The Kier molecular flexibility index (Phi) is 23.2. The molecule has 137 heavy (non-hydrogen) atoms. The summed E-state index contributed by atoms with van der Waals surface area (Å²) >= 11 is 0. The predicted molar refractivity (Wildman–Crippen MR) is 561 cm³/mol. The summed E-state index contributed by atoms with van der Waals surface area (Å²) in [4.78, 5) is 66.4. The molecule has 0 fully saturated rings. The van der Waals surface area contributed by atoms with Crippen molar-refractivity contribution >= 4 is 65.4 Å². The highest BCUT2D eigenvalue weighted by Gasteiger charge is 2.25. The van der Waals surface area contributed by atoms with Crippen molar-refractivity contribution in [2.45, 2.75) is 33.6 Å². The van der Waals surface area contributed by atoms with Crippen LogP contribution < -0.4 is 0 Å². The Balaban J connectivity index is 0.000000119. The summed E-state index contributed by atoms with van der Waals surface area (Å²) in [6, 6.07) is 154. The van der Waals surface area contributed by atoms with Crippen molar-refractivity contribution in [2.24, 2.45) is 0 Å². The normalized spacial score (nSPS) is 11.3. The van der Waals surface area contributed by atoms with Gasteiger partial charge in [0.25, 0.3) is 0 Å². The first-order valence-electron chi connectivity index (χ1n) is 46.0. The lowest BCUT2D eigenvalue weighted by molar-refractivity contribution is 0.830. The van der Waals surface area contributed by atoms with E-state index in [1.807, 2.05) is 202 Å². The van der Waals surface area contributed by atoms with E-state index in [9.17, 15) is 0 Å². The van der Waals surface area contributed by atoms with Gasteiger partial charge in [-0.1, -0.05) is 414 Å². The molecule has 0 unspecified atom stereocenters. The van der Waals surface area contributed by atoms with E-state index in [1.54, 1.807) is 0 Å². The third kappa shape index (κ3) is 17.5. The fraction of sp³-hybridized carbons (Fsp3) is 0.0403. The Hall–Kier alpha value is -18.1. The molecule has 0 atom stereocenters. The van der Waals surface area contributed by atoms with Crippen LogP contribution in [0.5, 0.6) is 0 Å². The number of hydrogen-bond acceptors (Lipinski definition) is 13. The fourth-order valence-electron chi connectivity index (χ4n) is 17.9. The van der Waals surface area contributed by atoms with Crippen LogP contribution >= 0.6 is 0 Å². The molecule has 13 nitrogen and oxygen atoms in total. The maximum Gasteiger partial charge on any atom is 0.164 e. The van der Waals surface area contributed by atoms with Crippen LogP contribution in [0.2, 0.25) is 0 Å². The van der Waals surface area contributed by atoms with Gasteiger partial charge >= 0.3 is 0 Å². The standard InChI is InChI=1S/C42H31N5.2C41H28N4/c1-27(2)36-25-23-29-22-24-33-35(26-37(28-14-6-3-7-15-28)44-39(33)38(29)43-36)32-20-12-13-21-34(32)42-46-40(30-16-8-4-9-17-30)45-41(47-42)31-18-10-5-11-19-31;1-27-21-22-30-23-24-34-35(25-36(28-13-5-2-6-14-28)43-40(34)39(30)42-27)32-19-11-12-20-33(32)38-26-37(29-15-7-3-8-16-29)44-41(45-38)31-17-9-4-10-18-31;1-27-21-22-31-23-24-33-35(25-36(28-13-5-2-6-14-28)43-40(33)39(31)42-27)32-19-11-12-20-34(32)41-44-37(29-15-7-3-8-16-29)26-38(45-41)30-17-9-4-10-18-30/h3-27H,1-2H3;2*2-26H,1H3. The minimum atomic E-state index is 0.300. The average molecular weight is 1760 g/mol. The van der Waals surface area contributed by atoms with Gasteiger partial charge in [0.05, 0.1) is 73.0 Å². The molecule has 0 radical (unpaired) electrons. The molecule has 0 aliphatic carbocycles. The third-order valence-electron chi connectivity index (χ3n) is 24.8. The van der Waals surface area contributed by atoms with Gasteiger partial charge in [-0.05, 0) is 102 Å². The van der Waals surface area contributed by atoms with Gasteiger partial charge in [-0.25, -0.2) is 49.8 Å². The van der Waals surface area contributed by atoms with Gasteiger partial charge in [-0.2, -0.15) is 0 Å². The number of aryl methyl sites for hydroxylation is 2. The number of fused-ring (bicyclic) bond motifs is 9. The van der Waals surface area contributed by atoms with Gasteiger partial charge in [0.2, 0.25) is 0 Å². The zero-order valence-corrected chi connectivity index (χ0v) is 75.6. The minimum Gasteiger partial charge on any atom is -0.251 e. The summed E-state index contributed by atoms with van der Waals surface area (Å²) < 4.78 is 0. The largest absolute Gasteiger partial charge is 0.251 e. The molecule has 0 aliphatic rings. The summed E-state index contributed by atoms with van der Waals surface area (Å²) in [7, 11) is 0. The molecule has 0 amide bonds. The molecule has 0 spiro atoms. The Labute approximate surface area is 793 Å². The van der Waals surface area contributed by atoms with Crippen molar-refractivity contribution in [1.82, 2.24) is 64.8 Å². The van der Waals surface area contributed by atoms with Crippen LogP contribution in [0.1, 0.15) is 36.8 Å². The molecule has 24 aromatic rings. The highest BCUT2D eigenvalue weighted by Crippen LogP contribution is 2.46. The molecule has 0 bridgehead atoms. The van der Waals surface area contributed by atoms with Crippen LogP contribution in [0.15, 0.2) is 449 Å². The molecule has 9 aromatic heterocycles. The van der Waals surface area contributed by atoms with E-state index in [-0.39, 0.29) is 0 Å². The smallest absolute Gasteiger partial charge is 0.164 e. The van der Waals surface area contributed by atoms with Gasteiger partial charge in [0.1, 0.15) is 0 Å². The fourth-order valence-corrected chi connectivity index (χ4v) is 17.9. The van der Waals surface area contributed by atoms with Gasteiger partial charge in [-0.3, -0.25) is 15.0 Å². The molecule has 0 saturated heterocycles. The molecule has 9 heterocycles. The van der Waals surface area contributed by atoms with Crippen molar-refractivity contribution in [3.05, 3.63) is 466 Å². The highest BCUT2D eigenvalue weighted by atomic mass is 15.0. The van der Waals surface area contributed by atoms with E-state index in [0.717, 1.165) is 222 Å². The number of rotatable bonds is 16. The van der Waals surface area contributed by atoms with Crippen LogP contribution in [0.3, 0.4) is 0 Å². The summed E-state index contributed by atoms with van der Waals surface area (Å²) in [6.07, 6.45) is 0. The topological polar surface area (TPSA) is 168 Å². The number of benzene rings is 15. The van der Waals surface area contributed by atoms with Crippen LogP contribution in [0, 0.1) is 13.8 Å². The van der Waals surface area contributed by atoms with E-state index in [2.05, 4.69) is 275 Å². The van der Waals surface area contributed by atoms with Gasteiger partial charge in [0.15, 0.2) is 29.1 Å². The van der Waals surface area contributed by atoms with Crippen molar-refractivity contribution in [2.75, 3.05) is 0 Å². The zero-order valence-electron chi connectivity index (χ0n) is 75.6. The number of aromatic nitrogens is 13. The Bertz CT molecular complexity index is 8090. The monoisotopic (exact) mass is 1760 g/mol. The second-order valence-electron chi connectivity index (χ2n) is 34.2. The number of hydrogen-bond donors (Lipinski definition) is 0. The molecule has 24 rings (SSSR count). The maximum atomic E-state index is 5.27. The van der Waals surface area contributed by atoms with Crippen LogP contribution in [-0.4, -0.2) is 64.8 Å². The van der Waals surface area contributed by atoms with Crippen molar-refractivity contribution in [3.63, 3.8) is 0 Å². The van der Waals surface area contributed by atoms with Crippen LogP contribution in [0.4, 0.5) is 0 Å². The first-order chi connectivity index (χ1) is 67.5. The van der Waals surface area contributed by atoms with E-state index in [0.29, 0.717) is 35.0 Å². The summed E-state index contributed by atoms with van der Waals surface area (Å²) in [5.74, 6) is 3.54. The zero-order chi connectivity index (χ0) is 92.1. The maximum absolute atomic E-state index is 5.27. The molecule has 648 valence electrons. The first-order valence-corrected chi connectivity index (χ1v) is 46.0. The SMILES string of the molecule is CC(C)c1ccc2ccc3c(-c4ccccc4-c4nc(-c5ccccc5)nc(-c5ccccc5)n4)cc(-c4ccccc4)nc3c2n1.Cc1ccc2ccc3c(-c4ccccc4-c4cc(-c5ccccc5)nc(-c5ccccc5)n4)cc(-c4ccccc4)nc3c2n1.Cc1ccc2ccc3c(-c4ccccc4-c4nc(-c5ccccc5)cc(-c5ccccc5)n4)cc(-c4ccccc4)nc3c2n1. The number of pyridine rings is 6. The lowest BCUT2D eigenvalue weighted by atomic mass is 9.92. The van der Waals surface area contributed by atoms with Crippen molar-refractivity contribution in [1.29, 1.82) is 0 Å². The quantitative estimate of drug-likeness (QED) is 0.0839. The van der Waals surface area contributed by atoms with E-state index < -0.39 is 0 Å². The number of nitrogens with zero attached hydrogens (tertiary/aromatic N) is 13. The van der Waals surface area contributed by atoms with Gasteiger partial charge in [0, 0.05) is 116 Å². The Morgan fingerprint density at radius 1 is 0.153 bits per heavy atom. The highest BCUT2D eigenvalue weighted by molar-refractivity contribution is 6.14. The molecular weight excluding hydrogens is 1670 g/mol. The molecule has 15 aromatic carbocycles. The lowest BCUT2D eigenvalue weighted by Gasteiger charge is -2.16. The molecular formula is C124H87N13. The Morgan fingerprint density at radius 3 is 0.723 bits per heavy atom. The second kappa shape index (κ2) is 37.7. The minimum absolute atomic E-state index is 0.300. The molecule has 0 N–H and O–H groups in total. The molecule has 0 saturated carbocycles. The summed E-state index contributed by atoms with van der Waals surface area (Å²) in [6.45, 7) is 8.40. The van der Waals surface area contributed by atoms with Crippen LogP contribution in [-0.2, 0) is 0 Å². The lowest BCUT2D eigenvalue weighted by Crippen LogP contribution is -2.01. The predicted octanol–water partition coefficient (Wildman–Crippen LogP) is 30.9. The summed E-state index contributed by atoms with van der Waals surface area (Å²) in [5.41, 5.74) is 32.9. The average Bonchev–Trinajstić information content (AvgIpc) is 0.752. The van der Waals surface area contributed by atoms with Gasteiger partial charge < -0.3 is 0 Å². The third-order valence-corrected chi connectivity index (χ3v) is 24.8. The molecule has 0 aliphatic heterocycles.